The van der Waals surface area contributed by atoms with Gasteiger partial charge in [-0.05, 0) is 55.3 Å². The van der Waals surface area contributed by atoms with E-state index >= 15 is 0 Å². The van der Waals surface area contributed by atoms with Crippen molar-refractivity contribution in [3.63, 3.8) is 0 Å². The zero-order valence-corrected chi connectivity index (χ0v) is 11.9. The van der Waals surface area contributed by atoms with Crippen LogP contribution in [-0.2, 0) is 0 Å². The molecule has 1 fully saturated rings. The molecule has 2 rings (SSSR count). The zero-order chi connectivity index (χ0) is 13.7. The number of ether oxygens (including phenoxy) is 1. The van der Waals surface area contributed by atoms with Gasteiger partial charge < -0.3 is 15.2 Å². The van der Waals surface area contributed by atoms with E-state index in [-0.39, 0.29) is 0 Å². The van der Waals surface area contributed by atoms with Gasteiger partial charge in [-0.2, -0.15) is 0 Å². The fraction of sp³-hybridized carbons (Fsp3) is 0.625. The van der Waals surface area contributed by atoms with E-state index in [2.05, 4.69) is 30.4 Å². The Bertz CT molecular complexity index is 388. The predicted octanol–water partition coefficient (Wildman–Crippen LogP) is 2.55. The maximum absolute atomic E-state index is 8.87. The summed E-state index contributed by atoms with van der Waals surface area (Å²) in [6.07, 6.45) is 3.30. The van der Waals surface area contributed by atoms with E-state index in [1.807, 2.05) is 6.07 Å². The van der Waals surface area contributed by atoms with Gasteiger partial charge in [-0.15, -0.1) is 0 Å². The molecular weight excluding hydrogens is 238 g/mol. The van der Waals surface area contributed by atoms with Crippen LogP contribution in [0.2, 0.25) is 0 Å². The van der Waals surface area contributed by atoms with Crippen LogP contribution in [0.15, 0.2) is 24.3 Å². The van der Waals surface area contributed by atoms with Crippen molar-refractivity contribution in [3.8, 4) is 5.75 Å². The predicted molar refractivity (Wildman–Crippen MR) is 77.6 cm³/mol. The highest BCUT2D eigenvalue weighted by atomic mass is 16.5. The van der Waals surface area contributed by atoms with Crippen LogP contribution < -0.4 is 10.1 Å². The Morgan fingerprint density at radius 2 is 2.21 bits per heavy atom. The van der Waals surface area contributed by atoms with E-state index in [0.29, 0.717) is 24.5 Å². The molecule has 2 N–H and O–H groups in total. The molecule has 1 unspecified atom stereocenters. The van der Waals surface area contributed by atoms with Crippen LogP contribution in [0, 0.1) is 5.92 Å². The lowest BCUT2D eigenvalue weighted by molar-refractivity contribution is 0.240. The highest BCUT2D eigenvalue weighted by Crippen LogP contribution is 2.37. The Hall–Kier alpha value is -1.06. The first-order valence-corrected chi connectivity index (χ1v) is 7.21. The minimum Gasteiger partial charge on any atom is -0.497 e. The number of hydrogen-bond donors (Lipinski definition) is 2. The number of rotatable bonds is 7. The van der Waals surface area contributed by atoms with Crippen molar-refractivity contribution in [3.05, 3.63) is 29.8 Å². The zero-order valence-electron chi connectivity index (χ0n) is 11.9. The van der Waals surface area contributed by atoms with Gasteiger partial charge in [0.05, 0.1) is 7.11 Å². The molecule has 0 heterocycles. The Morgan fingerprint density at radius 1 is 1.42 bits per heavy atom. The third-order valence-electron chi connectivity index (χ3n) is 4.08. The molecule has 106 valence electrons. The number of methoxy groups -OCH3 is 1. The molecule has 0 radical (unpaired) electrons. The first-order chi connectivity index (χ1) is 9.22. The van der Waals surface area contributed by atoms with Crippen LogP contribution in [0.4, 0.5) is 0 Å². The van der Waals surface area contributed by atoms with Gasteiger partial charge in [-0.1, -0.05) is 19.1 Å². The molecule has 0 amide bonds. The van der Waals surface area contributed by atoms with E-state index in [0.717, 1.165) is 18.7 Å². The maximum atomic E-state index is 8.87. The van der Waals surface area contributed by atoms with Crippen molar-refractivity contribution in [1.82, 2.24) is 5.32 Å². The molecule has 0 aliphatic heterocycles. The largest absolute Gasteiger partial charge is 0.497 e. The van der Waals surface area contributed by atoms with Crippen LogP contribution in [0.3, 0.4) is 0 Å². The average molecular weight is 263 g/mol. The van der Waals surface area contributed by atoms with E-state index in [1.54, 1.807) is 7.11 Å². The van der Waals surface area contributed by atoms with Crippen molar-refractivity contribution >= 4 is 0 Å². The summed E-state index contributed by atoms with van der Waals surface area (Å²) in [7, 11) is 1.72. The number of aliphatic hydroxyl groups excluding tert-OH is 1. The third-order valence-corrected chi connectivity index (χ3v) is 4.08. The highest BCUT2D eigenvalue weighted by molar-refractivity contribution is 5.32. The van der Waals surface area contributed by atoms with Crippen molar-refractivity contribution < 1.29 is 9.84 Å². The summed E-state index contributed by atoms with van der Waals surface area (Å²) >= 11 is 0. The third kappa shape index (κ3) is 3.95. The summed E-state index contributed by atoms with van der Waals surface area (Å²) in [6.45, 7) is 3.48. The molecule has 0 aromatic heterocycles. The molecule has 1 saturated carbocycles. The smallest absolute Gasteiger partial charge is 0.119 e. The standard InChI is InChI=1S/C16H25NO2/c1-12(6-7-18)11-17-15-8-14(9-15)13-4-3-5-16(10-13)19-2/h3-5,10,12,14-15,17-18H,6-9,11H2,1-2H3. The van der Waals surface area contributed by atoms with Gasteiger partial charge in [0.25, 0.3) is 0 Å². The van der Waals surface area contributed by atoms with E-state index in [4.69, 9.17) is 9.84 Å². The second-order valence-electron chi connectivity index (χ2n) is 5.67. The molecule has 1 aliphatic rings. The van der Waals surface area contributed by atoms with E-state index < -0.39 is 0 Å². The Kier molecular flexibility index (Phi) is 5.23. The minimum absolute atomic E-state index is 0.292. The normalized spacial score (nSPS) is 23.7. The first-order valence-electron chi connectivity index (χ1n) is 7.21. The summed E-state index contributed by atoms with van der Waals surface area (Å²) in [5, 5.41) is 12.5. The van der Waals surface area contributed by atoms with Gasteiger partial charge in [0, 0.05) is 12.6 Å². The topological polar surface area (TPSA) is 41.5 Å². The van der Waals surface area contributed by atoms with Crippen LogP contribution in [-0.4, -0.2) is 31.4 Å². The second kappa shape index (κ2) is 6.92. The van der Waals surface area contributed by atoms with Crippen LogP contribution in [0.25, 0.3) is 0 Å². The Morgan fingerprint density at radius 3 is 2.89 bits per heavy atom. The summed E-state index contributed by atoms with van der Waals surface area (Å²) in [4.78, 5) is 0. The van der Waals surface area contributed by atoms with E-state index in [9.17, 15) is 0 Å². The highest BCUT2D eigenvalue weighted by Gasteiger charge is 2.30. The number of benzene rings is 1. The quantitative estimate of drug-likeness (QED) is 0.794. The van der Waals surface area contributed by atoms with Gasteiger partial charge >= 0.3 is 0 Å². The van der Waals surface area contributed by atoms with Gasteiger partial charge in [0.1, 0.15) is 5.75 Å². The molecule has 3 nitrogen and oxygen atoms in total. The Balaban J connectivity index is 1.73. The van der Waals surface area contributed by atoms with Crippen LogP contribution in [0.5, 0.6) is 5.75 Å². The van der Waals surface area contributed by atoms with Gasteiger partial charge in [-0.25, -0.2) is 0 Å². The lowest BCUT2D eigenvalue weighted by atomic mass is 9.75. The molecule has 1 aromatic carbocycles. The number of hydrogen-bond acceptors (Lipinski definition) is 3. The fourth-order valence-electron chi connectivity index (χ4n) is 2.64. The number of nitrogens with one attached hydrogen (secondary N) is 1. The molecule has 1 aliphatic carbocycles. The molecule has 1 atom stereocenters. The molecule has 3 heteroatoms. The monoisotopic (exact) mass is 263 g/mol. The van der Waals surface area contributed by atoms with Gasteiger partial charge in [0.15, 0.2) is 0 Å². The van der Waals surface area contributed by atoms with Gasteiger partial charge in [-0.3, -0.25) is 0 Å². The van der Waals surface area contributed by atoms with Crippen molar-refractivity contribution in [2.45, 2.75) is 38.1 Å². The van der Waals surface area contributed by atoms with E-state index in [1.165, 1.54) is 18.4 Å². The lowest BCUT2D eigenvalue weighted by Gasteiger charge is -2.37. The lowest BCUT2D eigenvalue weighted by Crippen LogP contribution is -2.42. The van der Waals surface area contributed by atoms with Crippen LogP contribution in [0.1, 0.15) is 37.7 Å². The molecule has 1 aromatic rings. The number of aliphatic hydroxyl groups is 1. The average Bonchev–Trinajstić information content (AvgIpc) is 2.37. The summed E-state index contributed by atoms with van der Waals surface area (Å²) < 4.78 is 5.27. The second-order valence-corrected chi connectivity index (χ2v) is 5.67. The van der Waals surface area contributed by atoms with Crippen LogP contribution >= 0.6 is 0 Å². The molecule has 0 spiro atoms. The molecule has 0 saturated heterocycles. The molecule has 0 bridgehead atoms. The summed E-state index contributed by atoms with van der Waals surface area (Å²) in [6, 6.07) is 9.04. The SMILES string of the molecule is COc1cccc(C2CC(NCC(C)CCO)C2)c1. The fourth-order valence-corrected chi connectivity index (χ4v) is 2.64. The van der Waals surface area contributed by atoms with Gasteiger partial charge in [0.2, 0.25) is 0 Å². The summed E-state index contributed by atoms with van der Waals surface area (Å²) in [5.74, 6) is 2.17. The summed E-state index contributed by atoms with van der Waals surface area (Å²) in [5.41, 5.74) is 1.39. The van der Waals surface area contributed by atoms with Crippen molar-refractivity contribution in [2.24, 2.45) is 5.92 Å². The maximum Gasteiger partial charge on any atom is 0.119 e. The van der Waals surface area contributed by atoms with Crippen molar-refractivity contribution in [2.75, 3.05) is 20.3 Å². The molecule has 19 heavy (non-hydrogen) atoms. The Labute approximate surface area is 116 Å². The molecular formula is C16H25NO2. The van der Waals surface area contributed by atoms with Crippen molar-refractivity contribution in [1.29, 1.82) is 0 Å². The first kappa shape index (κ1) is 14.4. The minimum atomic E-state index is 0.292.